The molecular weight excluding hydrogens is 468 g/mol. The van der Waals surface area contributed by atoms with Gasteiger partial charge in [-0.15, -0.1) is 0 Å². The number of hydrogen-bond donors (Lipinski definition) is 1. The summed E-state index contributed by atoms with van der Waals surface area (Å²) in [5, 5.41) is 11.4. The lowest BCUT2D eigenvalue weighted by Crippen LogP contribution is -2.29. The normalized spacial score (nSPS) is 20.1. The molecule has 2 aliphatic rings. The molecule has 1 fully saturated rings. The molecule has 1 saturated heterocycles. The number of ether oxygens (including phenoxy) is 2. The quantitative estimate of drug-likeness (QED) is 0.301. The number of anilines is 1. The molecule has 0 aliphatic carbocycles. The van der Waals surface area contributed by atoms with Gasteiger partial charge in [0.25, 0.3) is 11.7 Å². The molecule has 0 aromatic heterocycles. The van der Waals surface area contributed by atoms with E-state index in [2.05, 4.69) is 0 Å². The Kier molecular flexibility index (Phi) is 6.38. The summed E-state index contributed by atoms with van der Waals surface area (Å²) < 4.78 is 11.0. The molecule has 0 bridgehead atoms. The van der Waals surface area contributed by atoms with Gasteiger partial charge < -0.3 is 24.4 Å². The molecule has 0 saturated carbocycles. The average Bonchev–Trinajstić information content (AvgIpc) is 3.39. The van der Waals surface area contributed by atoms with E-state index in [4.69, 9.17) is 9.47 Å². The van der Waals surface area contributed by atoms with Crippen LogP contribution in [0.4, 0.5) is 5.69 Å². The molecule has 0 spiro atoms. The summed E-state index contributed by atoms with van der Waals surface area (Å²) in [6.45, 7) is 2.20. The highest BCUT2D eigenvalue weighted by atomic mass is 16.5. The van der Waals surface area contributed by atoms with Crippen LogP contribution in [0, 0.1) is 0 Å². The van der Waals surface area contributed by atoms with Gasteiger partial charge in [-0.25, -0.2) is 0 Å². The van der Waals surface area contributed by atoms with Crippen molar-refractivity contribution < 1.29 is 24.2 Å². The average molecular weight is 499 g/mol. The molecule has 5 rings (SSSR count). The molecule has 3 aromatic carbocycles. The van der Waals surface area contributed by atoms with Gasteiger partial charge in [0.05, 0.1) is 18.7 Å². The second-order valence-electron chi connectivity index (χ2n) is 9.72. The number of methoxy groups -OCH3 is 1. The molecule has 37 heavy (non-hydrogen) atoms. The van der Waals surface area contributed by atoms with Crippen LogP contribution in [0.2, 0.25) is 0 Å². The molecule has 7 nitrogen and oxygen atoms in total. The number of aliphatic hydroxyl groups excluding tert-OH is 1. The summed E-state index contributed by atoms with van der Waals surface area (Å²) in [6, 6.07) is 19.7. The second kappa shape index (κ2) is 9.65. The number of aliphatic hydroxyl groups is 1. The van der Waals surface area contributed by atoms with Gasteiger partial charge in [-0.05, 0) is 66.1 Å². The first kappa shape index (κ1) is 24.4. The molecule has 7 heteroatoms. The van der Waals surface area contributed by atoms with Gasteiger partial charge in [0, 0.05) is 38.3 Å². The van der Waals surface area contributed by atoms with Gasteiger partial charge in [0.15, 0.2) is 0 Å². The molecule has 2 aliphatic heterocycles. The van der Waals surface area contributed by atoms with Crippen molar-refractivity contribution in [2.75, 3.05) is 26.1 Å². The first-order valence-electron chi connectivity index (χ1n) is 12.3. The zero-order valence-electron chi connectivity index (χ0n) is 21.4. The van der Waals surface area contributed by atoms with E-state index in [1.165, 1.54) is 4.90 Å². The molecular formula is C30H30N2O5. The SMILES string of the molecule is COc1ccc(CN2C(=O)C(=O)/C(=C(\O)c3ccc4c(c3)CC(C)O4)C2c2ccc(N(C)C)cc2)cc1. The Bertz CT molecular complexity index is 1380. The Morgan fingerprint density at radius 1 is 1.05 bits per heavy atom. The van der Waals surface area contributed by atoms with Gasteiger partial charge in [0.2, 0.25) is 0 Å². The lowest BCUT2D eigenvalue weighted by atomic mass is 9.94. The van der Waals surface area contributed by atoms with Crippen LogP contribution in [0.5, 0.6) is 11.5 Å². The van der Waals surface area contributed by atoms with Crippen LogP contribution in [0.15, 0.2) is 72.3 Å². The number of carbonyl (C=O) groups excluding carboxylic acids is 2. The van der Waals surface area contributed by atoms with Crippen molar-refractivity contribution in [3.8, 4) is 11.5 Å². The predicted octanol–water partition coefficient (Wildman–Crippen LogP) is 4.71. The lowest BCUT2D eigenvalue weighted by Gasteiger charge is -2.26. The topological polar surface area (TPSA) is 79.3 Å². The molecule has 1 N–H and O–H groups in total. The van der Waals surface area contributed by atoms with Crippen molar-refractivity contribution in [1.29, 1.82) is 0 Å². The highest BCUT2D eigenvalue weighted by Gasteiger charge is 2.46. The summed E-state index contributed by atoms with van der Waals surface area (Å²) >= 11 is 0. The summed E-state index contributed by atoms with van der Waals surface area (Å²) in [4.78, 5) is 30.3. The largest absolute Gasteiger partial charge is 0.507 e. The number of benzene rings is 3. The fourth-order valence-electron chi connectivity index (χ4n) is 5.00. The standard InChI is InChI=1S/C30H30N2O5/c1-18-15-22-16-21(9-14-25(22)37-18)28(33)26-27(20-7-10-23(11-8-20)31(2)3)32(30(35)29(26)34)17-19-5-12-24(36-4)13-6-19/h5-14,16,18,27,33H,15,17H2,1-4H3/b28-26-. The number of amides is 1. The molecule has 1 amide bonds. The Labute approximate surface area is 216 Å². The number of ketones is 1. The zero-order valence-corrected chi connectivity index (χ0v) is 21.4. The fraction of sp³-hybridized carbons (Fsp3) is 0.267. The van der Waals surface area contributed by atoms with Gasteiger partial charge in [-0.1, -0.05) is 24.3 Å². The highest BCUT2D eigenvalue weighted by molar-refractivity contribution is 6.46. The van der Waals surface area contributed by atoms with Crippen LogP contribution in [-0.2, 0) is 22.6 Å². The van der Waals surface area contributed by atoms with E-state index in [-0.39, 0.29) is 24.0 Å². The maximum absolute atomic E-state index is 13.4. The van der Waals surface area contributed by atoms with Crippen LogP contribution in [0.25, 0.3) is 5.76 Å². The Morgan fingerprint density at radius 3 is 2.41 bits per heavy atom. The maximum Gasteiger partial charge on any atom is 0.295 e. The number of fused-ring (bicyclic) bond motifs is 1. The minimum Gasteiger partial charge on any atom is -0.507 e. The molecule has 2 heterocycles. The minimum atomic E-state index is -0.734. The van der Waals surface area contributed by atoms with Gasteiger partial charge in [-0.3, -0.25) is 9.59 Å². The van der Waals surface area contributed by atoms with Gasteiger partial charge in [-0.2, -0.15) is 0 Å². The monoisotopic (exact) mass is 498 g/mol. The van der Waals surface area contributed by atoms with Crippen LogP contribution >= 0.6 is 0 Å². The molecule has 3 aromatic rings. The Balaban J connectivity index is 1.60. The van der Waals surface area contributed by atoms with E-state index in [0.29, 0.717) is 11.3 Å². The van der Waals surface area contributed by atoms with Crippen molar-refractivity contribution in [3.63, 3.8) is 0 Å². The predicted molar refractivity (Wildman–Crippen MR) is 142 cm³/mol. The van der Waals surface area contributed by atoms with E-state index < -0.39 is 17.7 Å². The molecule has 2 unspecified atom stereocenters. The third kappa shape index (κ3) is 4.53. The highest BCUT2D eigenvalue weighted by Crippen LogP contribution is 2.41. The number of likely N-dealkylation sites (tertiary alicyclic amines) is 1. The van der Waals surface area contributed by atoms with E-state index in [1.807, 2.05) is 86.6 Å². The Hall–Kier alpha value is -4.26. The summed E-state index contributed by atoms with van der Waals surface area (Å²) in [5.74, 6) is -0.0361. The van der Waals surface area contributed by atoms with E-state index in [1.54, 1.807) is 13.2 Å². The molecule has 0 radical (unpaired) electrons. The second-order valence-corrected chi connectivity index (χ2v) is 9.72. The van der Waals surface area contributed by atoms with Crippen LogP contribution < -0.4 is 14.4 Å². The summed E-state index contributed by atoms with van der Waals surface area (Å²) in [7, 11) is 5.49. The van der Waals surface area contributed by atoms with Gasteiger partial charge in [0.1, 0.15) is 23.4 Å². The zero-order chi connectivity index (χ0) is 26.3. The number of carbonyl (C=O) groups is 2. The first-order chi connectivity index (χ1) is 17.8. The third-order valence-corrected chi connectivity index (χ3v) is 6.95. The van der Waals surface area contributed by atoms with Crippen LogP contribution in [0.1, 0.15) is 35.2 Å². The third-order valence-electron chi connectivity index (χ3n) is 6.95. The minimum absolute atomic E-state index is 0.0534. The molecule has 190 valence electrons. The van der Waals surface area contributed by atoms with Gasteiger partial charge >= 0.3 is 0 Å². The Morgan fingerprint density at radius 2 is 1.76 bits per heavy atom. The van der Waals surface area contributed by atoms with Crippen molar-refractivity contribution in [3.05, 3.63) is 94.6 Å². The van der Waals surface area contributed by atoms with E-state index in [9.17, 15) is 14.7 Å². The van der Waals surface area contributed by atoms with Crippen molar-refractivity contribution >= 4 is 23.1 Å². The first-order valence-corrected chi connectivity index (χ1v) is 12.3. The summed E-state index contributed by atoms with van der Waals surface area (Å²) in [5.41, 5.74) is 4.13. The lowest BCUT2D eigenvalue weighted by molar-refractivity contribution is -0.140. The number of Topliss-reactive ketones (excluding diaryl/α,β-unsaturated/α-hetero) is 1. The van der Waals surface area contributed by atoms with Crippen molar-refractivity contribution in [2.45, 2.75) is 32.0 Å². The summed E-state index contributed by atoms with van der Waals surface area (Å²) in [6.07, 6.45) is 0.773. The van der Waals surface area contributed by atoms with Crippen LogP contribution in [0.3, 0.4) is 0 Å². The number of rotatable bonds is 6. The maximum atomic E-state index is 13.4. The fourth-order valence-corrected chi connectivity index (χ4v) is 5.00. The van der Waals surface area contributed by atoms with E-state index >= 15 is 0 Å². The molecule has 2 atom stereocenters. The number of hydrogen-bond acceptors (Lipinski definition) is 6. The van der Waals surface area contributed by atoms with E-state index in [0.717, 1.165) is 34.5 Å². The van der Waals surface area contributed by atoms with Crippen LogP contribution in [-0.4, -0.2) is 49.0 Å². The van der Waals surface area contributed by atoms with Crippen molar-refractivity contribution in [1.82, 2.24) is 4.90 Å². The number of nitrogens with zero attached hydrogens (tertiary/aromatic N) is 2. The smallest absolute Gasteiger partial charge is 0.295 e. The van der Waals surface area contributed by atoms with Crippen molar-refractivity contribution in [2.24, 2.45) is 0 Å².